The maximum Gasteiger partial charge on any atom is 0.189 e. The molecule has 96 valence electrons. The van der Waals surface area contributed by atoms with Crippen molar-refractivity contribution in [1.82, 2.24) is 4.98 Å². The molecule has 0 saturated carbocycles. The molecule has 0 aliphatic heterocycles. The Hall–Kier alpha value is -1.84. The highest BCUT2D eigenvalue weighted by molar-refractivity contribution is 5.80. The number of aromatic amines is 1. The van der Waals surface area contributed by atoms with Gasteiger partial charge in [0.15, 0.2) is 17.0 Å². The van der Waals surface area contributed by atoms with Crippen LogP contribution in [-0.2, 0) is 0 Å². The van der Waals surface area contributed by atoms with Crippen LogP contribution in [0, 0.1) is 5.82 Å². The monoisotopic (exact) mass is 249 g/mol. The zero-order valence-electron chi connectivity index (χ0n) is 10.7. The molecule has 2 aromatic rings. The van der Waals surface area contributed by atoms with Gasteiger partial charge in [-0.25, -0.2) is 4.39 Å². The molecule has 0 aliphatic carbocycles. The Balaban J connectivity index is 2.69. The summed E-state index contributed by atoms with van der Waals surface area (Å²) in [5.74, 6) is -0.148. The SMILES string of the molecule is CCOc1cc2c(=O)cc(C(C)C)[nH]c2cc1F. The van der Waals surface area contributed by atoms with Gasteiger partial charge in [0.05, 0.1) is 12.1 Å². The highest BCUT2D eigenvalue weighted by Gasteiger charge is 2.10. The third-order valence-corrected chi connectivity index (χ3v) is 2.82. The van der Waals surface area contributed by atoms with Crippen LogP contribution in [0.2, 0.25) is 0 Å². The van der Waals surface area contributed by atoms with Crippen molar-refractivity contribution in [2.24, 2.45) is 0 Å². The Morgan fingerprint density at radius 2 is 2.06 bits per heavy atom. The van der Waals surface area contributed by atoms with Gasteiger partial charge in [-0.3, -0.25) is 4.79 Å². The molecule has 0 aliphatic rings. The average molecular weight is 249 g/mol. The first-order valence-corrected chi connectivity index (χ1v) is 6.02. The summed E-state index contributed by atoms with van der Waals surface area (Å²) in [4.78, 5) is 15.1. The summed E-state index contributed by atoms with van der Waals surface area (Å²) in [7, 11) is 0. The lowest BCUT2D eigenvalue weighted by Gasteiger charge is -2.09. The number of pyridine rings is 1. The van der Waals surface area contributed by atoms with E-state index in [2.05, 4.69) is 4.98 Å². The van der Waals surface area contributed by atoms with Gasteiger partial charge in [0.25, 0.3) is 0 Å². The van der Waals surface area contributed by atoms with Gasteiger partial charge in [-0.05, 0) is 18.9 Å². The first-order valence-electron chi connectivity index (χ1n) is 6.02. The molecule has 0 fully saturated rings. The topological polar surface area (TPSA) is 42.1 Å². The van der Waals surface area contributed by atoms with Gasteiger partial charge in [0.2, 0.25) is 0 Å². The minimum atomic E-state index is -0.457. The fraction of sp³-hybridized carbons (Fsp3) is 0.357. The number of halogens is 1. The molecule has 0 bridgehead atoms. The highest BCUT2D eigenvalue weighted by Crippen LogP contribution is 2.23. The number of fused-ring (bicyclic) bond motifs is 1. The Morgan fingerprint density at radius 3 is 2.67 bits per heavy atom. The quantitative estimate of drug-likeness (QED) is 0.907. The maximum absolute atomic E-state index is 13.7. The summed E-state index contributed by atoms with van der Waals surface area (Å²) in [6.07, 6.45) is 0. The van der Waals surface area contributed by atoms with E-state index in [9.17, 15) is 9.18 Å². The van der Waals surface area contributed by atoms with Crippen LogP contribution in [0.3, 0.4) is 0 Å². The van der Waals surface area contributed by atoms with Crippen molar-refractivity contribution >= 4 is 10.9 Å². The fourth-order valence-electron chi connectivity index (χ4n) is 1.85. The van der Waals surface area contributed by atoms with Crippen molar-refractivity contribution in [2.75, 3.05) is 6.61 Å². The Kier molecular flexibility index (Phi) is 3.36. The zero-order chi connectivity index (χ0) is 13.3. The van der Waals surface area contributed by atoms with E-state index in [1.54, 1.807) is 13.0 Å². The minimum Gasteiger partial charge on any atom is -0.491 e. The van der Waals surface area contributed by atoms with E-state index in [-0.39, 0.29) is 17.1 Å². The number of benzene rings is 1. The maximum atomic E-state index is 13.7. The largest absolute Gasteiger partial charge is 0.491 e. The van der Waals surface area contributed by atoms with Crippen molar-refractivity contribution in [3.63, 3.8) is 0 Å². The molecule has 1 aromatic heterocycles. The van der Waals surface area contributed by atoms with Crippen LogP contribution in [0.5, 0.6) is 5.75 Å². The van der Waals surface area contributed by atoms with Crippen molar-refractivity contribution < 1.29 is 9.13 Å². The van der Waals surface area contributed by atoms with E-state index in [0.29, 0.717) is 17.5 Å². The first kappa shape index (κ1) is 12.6. The number of nitrogens with one attached hydrogen (secondary N) is 1. The molecule has 18 heavy (non-hydrogen) atoms. The lowest BCUT2D eigenvalue weighted by Crippen LogP contribution is -2.07. The summed E-state index contributed by atoms with van der Waals surface area (Å²) in [5.41, 5.74) is 1.19. The molecule has 0 atom stereocenters. The Bertz CT molecular complexity index is 631. The van der Waals surface area contributed by atoms with Gasteiger partial charge in [-0.2, -0.15) is 0 Å². The predicted octanol–water partition coefficient (Wildman–Crippen LogP) is 3.19. The minimum absolute atomic E-state index is 0.117. The van der Waals surface area contributed by atoms with Crippen molar-refractivity contribution in [3.8, 4) is 5.75 Å². The smallest absolute Gasteiger partial charge is 0.189 e. The van der Waals surface area contributed by atoms with Crippen molar-refractivity contribution in [2.45, 2.75) is 26.7 Å². The average Bonchev–Trinajstić information content (AvgIpc) is 2.30. The second-order valence-corrected chi connectivity index (χ2v) is 4.50. The molecule has 0 saturated heterocycles. The number of hydrogen-bond donors (Lipinski definition) is 1. The molecule has 0 amide bonds. The van der Waals surface area contributed by atoms with Crippen LogP contribution in [-0.4, -0.2) is 11.6 Å². The van der Waals surface area contributed by atoms with Gasteiger partial charge in [0.1, 0.15) is 0 Å². The molecule has 1 N–H and O–H groups in total. The number of ether oxygens (including phenoxy) is 1. The lowest BCUT2D eigenvalue weighted by molar-refractivity contribution is 0.322. The number of rotatable bonds is 3. The third-order valence-electron chi connectivity index (χ3n) is 2.82. The van der Waals surface area contributed by atoms with E-state index in [4.69, 9.17) is 4.74 Å². The zero-order valence-corrected chi connectivity index (χ0v) is 10.7. The van der Waals surface area contributed by atoms with Crippen LogP contribution >= 0.6 is 0 Å². The summed E-state index contributed by atoms with van der Waals surface area (Å²) in [6.45, 7) is 6.09. The normalized spacial score (nSPS) is 11.2. The molecular weight excluding hydrogens is 233 g/mol. The third kappa shape index (κ3) is 2.23. The van der Waals surface area contributed by atoms with Crippen LogP contribution < -0.4 is 10.2 Å². The van der Waals surface area contributed by atoms with E-state index >= 15 is 0 Å². The van der Waals surface area contributed by atoms with Crippen molar-refractivity contribution in [3.05, 3.63) is 39.9 Å². The molecule has 0 spiro atoms. The standard InChI is InChI=1S/C14H16FNO2/c1-4-18-14-5-9-12(6-10(14)15)16-11(8(2)3)7-13(9)17/h5-8H,4H2,1-3H3,(H,16,17). The summed E-state index contributed by atoms with van der Waals surface area (Å²) in [5, 5.41) is 0.448. The lowest BCUT2D eigenvalue weighted by atomic mass is 10.1. The van der Waals surface area contributed by atoms with Crippen LogP contribution in [0.1, 0.15) is 32.4 Å². The summed E-state index contributed by atoms with van der Waals surface area (Å²) in [6, 6.07) is 4.32. The summed E-state index contributed by atoms with van der Waals surface area (Å²) >= 11 is 0. The van der Waals surface area contributed by atoms with Crippen LogP contribution in [0.25, 0.3) is 10.9 Å². The number of H-pyrrole nitrogens is 1. The molecule has 4 heteroatoms. The van der Waals surface area contributed by atoms with E-state index in [1.807, 2.05) is 13.8 Å². The van der Waals surface area contributed by atoms with Gasteiger partial charge in [0, 0.05) is 23.2 Å². The number of hydrogen-bond acceptors (Lipinski definition) is 2. The molecule has 0 unspecified atom stereocenters. The van der Waals surface area contributed by atoms with E-state index in [0.717, 1.165) is 5.69 Å². The molecule has 1 heterocycles. The van der Waals surface area contributed by atoms with E-state index in [1.165, 1.54) is 12.1 Å². The Labute approximate surface area is 105 Å². The second kappa shape index (κ2) is 4.80. The fourth-order valence-corrected chi connectivity index (χ4v) is 1.85. The number of aromatic nitrogens is 1. The summed E-state index contributed by atoms with van der Waals surface area (Å²) < 4.78 is 18.9. The molecule has 2 rings (SSSR count). The van der Waals surface area contributed by atoms with Crippen LogP contribution in [0.15, 0.2) is 23.0 Å². The van der Waals surface area contributed by atoms with Gasteiger partial charge in [-0.15, -0.1) is 0 Å². The molecule has 0 radical (unpaired) electrons. The molecule has 1 aromatic carbocycles. The first-order chi connectivity index (χ1) is 8.52. The van der Waals surface area contributed by atoms with Gasteiger partial charge < -0.3 is 9.72 Å². The Morgan fingerprint density at radius 1 is 1.33 bits per heavy atom. The molecular formula is C14H16FNO2. The van der Waals surface area contributed by atoms with Crippen molar-refractivity contribution in [1.29, 1.82) is 0 Å². The highest BCUT2D eigenvalue weighted by atomic mass is 19.1. The predicted molar refractivity (Wildman–Crippen MR) is 69.8 cm³/mol. The van der Waals surface area contributed by atoms with Gasteiger partial charge in [-0.1, -0.05) is 13.8 Å². The van der Waals surface area contributed by atoms with Crippen LogP contribution in [0.4, 0.5) is 4.39 Å². The second-order valence-electron chi connectivity index (χ2n) is 4.50. The molecule has 3 nitrogen and oxygen atoms in total. The van der Waals surface area contributed by atoms with Gasteiger partial charge >= 0.3 is 0 Å². The van der Waals surface area contributed by atoms with E-state index < -0.39 is 5.82 Å².